The Morgan fingerprint density at radius 2 is 1.82 bits per heavy atom. The van der Waals surface area contributed by atoms with E-state index in [1.165, 1.54) is 0 Å². The van der Waals surface area contributed by atoms with Gasteiger partial charge in [0, 0.05) is 29.5 Å². The zero-order valence-electron chi connectivity index (χ0n) is 9.17. The third-order valence-electron chi connectivity index (χ3n) is 2.77. The molecule has 82 valence electrons. The monoisotopic (exact) mass is 221 g/mol. The number of rotatable bonds is 1. The Labute approximate surface area is 98.9 Å². The van der Waals surface area contributed by atoms with Crippen molar-refractivity contribution >= 4 is 16.6 Å². The molecule has 0 amide bonds. The van der Waals surface area contributed by atoms with Crippen LogP contribution in [0.3, 0.4) is 0 Å². The molecule has 0 radical (unpaired) electrons. The number of benzene rings is 1. The Hall–Kier alpha value is -2.42. The van der Waals surface area contributed by atoms with Crippen molar-refractivity contribution in [1.82, 2.24) is 9.97 Å². The maximum Gasteiger partial charge on any atom is 0.0937 e. The molecule has 2 aromatic heterocycles. The van der Waals surface area contributed by atoms with E-state index >= 15 is 0 Å². The van der Waals surface area contributed by atoms with Gasteiger partial charge in [-0.25, -0.2) is 0 Å². The van der Waals surface area contributed by atoms with E-state index in [4.69, 9.17) is 5.73 Å². The summed E-state index contributed by atoms with van der Waals surface area (Å²) in [5, 5.41) is 1.06. The van der Waals surface area contributed by atoms with Gasteiger partial charge in [0.15, 0.2) is 0 Å². The Balaban J connectivity index is 2.35. The summed E-state index contributed by atoms with van der Waals surface area (Å²) in [5.41, 5.74) is 9.65. The lowest BCUT2D eigenvalue weighted by atomic mass is 10.0. The Kier molecular flexibility index (Phi) is 2.22. The minimum atomic E-state index is 0.702. The van der Waals surface area contributed by atoms with Crippen molar-refractivity contribution in [2.24, 2.45) is 0 Å². The standard InChI is InChI=1S/C14H11N3/c15-13-6-5-11(10-3-1-7-16-9-10)12-4-2-8-17-14(12)13/h1-9H,15H2. The molecule has 0 unspecified atom stereocenters. The van der Waals surface area contributed by atoms with Gasteiger partial charge in [-0.3, -0.25) is 9.97 Å². The summed E-state index contributed by atoms with van der Waals surface area (Å²) in [6.07, 6.45) is 5.37. The summed E-state index contributed by atoms with van der Waals surface area (Å²) >= 11 is 0. The van der Waals surface area contributed by atoms with Crippen molar-refractivity contribution in [3.63, 3.8) is 0 Å². The average molecular weight is 221 g/mol. The number of pyridine rings is 2. The predicted molar refractivity (Wildman–Crippen MR) is 69.4 cm³/mol. The molecule has 0 fully saturated rings. The average Bonchev–Trinajstić information content (AvgIpc) is 2.41. The number of nitrogen functional groups attached to an aromatic ring is 1. The predicted octanol–water partition coefficient (Wildman–Crippen LogP) is 2.88. The van der Waals surface area contributed by atoms with Crippen molar-refractivity contribution in [3.05, 3.63) is 55.0 Å². The van der Waals surface area contributed by atoms with Crippen LogP contribution < -0.4 is 5.73 Å². The van der Waals surface area contributed by atoms with Gasteiger partial charge >= 0.3 is 0 Å². The largest absolute Gasteiger partial charge is 0.397 e. The van der Waals surface area contributed by atoms with Crippen LogP contribution in [-0.4, -0.2) is 9.97 Å². The van der Waals surface area contributed by atoms with E-state index in [2.05, 4.69) is 9.97 Å². The number of hydrogen-bond acceptors (Lipinski definition) is 3. The SMILES string of the molecule is Nc1ccc(-c2cccnc2)c2cccnc12. The highest BCUT2D eigenvalue weighted by atomic mass is 14.7. The van der Waals surface area contributed by atoms with Crippen molar-refractivity contribution in [2.45, 2.75) is 0 Å². The van der Waals surface area contributed by atoms with E-state index in [0.717, 1.165) is 22.0 Å². The molecule has 3 nitrogen and oxygen atoms in total. The topological polar surface area (TPSA) is 51.8 Å². The van der Waals surface area contributed by atoms with Crippen molar-refractivity contribution in [3.8, 4) is 11.1 Å². The first kappa shape index (κ1) is 9.78. The summed E-state index contributed by atoms with van der Waals surface area (Å²) in [7, 11) is 0. The van der Waals surface area contributed by atoms with E-state index in [1.54, 1.807) is 12.4 Å². The van der Waals surface area contributed by atoms with Crippen LogP contribution in [0.25, 0.3) is 22.0 Å². The van der Waals surface area contributed by atoms with Gasteiger partial charge in [0.25, 0.3) is 0 Å². The third-order valence-corrected chi connectivity index (χ3v) is 2.77. The molecule has 3 heteroatoms. The van der Waals surface area contributed by atoms with E-state index in [1.807, 2.05) is 42.6 Å². The van der Waals surface area contributed by atoms with Gasteiger partial charge in [0.05, 0.1) is 11.2 Å². The number of fused-ring (bicyclic) bond motifs is 1. The third kappa shape index (κ3) is 1.61. The first-order valence-electron chi connectivity index (χ1n) is 5.40. The Morgan fingerprint density at radius 3 is 2.65 bits per heavy atom. The highest BCUT2D eigenvalue weighted by molar-refractivity contribution is 6.00. The number of hydrogen-bond donors (Lipinski definition) is 1. The zero-order valence-corrected chi connectivity index (χ0v) is 9.17. The number of nitrogens with two attached hydrogens (primary N) is 1. The van der Waals surface area contributed by atoms with Gasteiger partial charge in [0.2, 0.25) is 0 Å². The fraction of sp³-hybridized carbons (Fsp3) is 0. The molecule has 0 atom stereocenters. The molecule has 0 spiro atoms. The number of anilines is 1. The van der Waals surface area contributed by atoms with Gasteiger partial charge in [-0.2, -0.15) is 0 Å². The van der Waals surface area contributed by atoms with E-state index in [-0.39, 0.29) is 0 Å². The lowest BCUT2D eigenvalue weighted by Crippen LogP contribution is -1.91. The molecular formula is C14H11N3. The molecule has 3 rings (SSSR count). The molecule has 0 aliphatic carbocycles. The van der Waals surface area contributed by atoms with Gasteiger partial charge in [0.1, 0.15) is 0 Å². The minimum absolute atomic E-state index is 0.702. The molecule has 17 heavy (non-hydrogen) atoms. The first-order chi connectivity index (χ1) is 8.36. The van der Waals surface area contributed by atoms with E-state index in [9.17, 15) is 0 Å². The van der Waals surface area contributed by atoms with Crippen LogP contribution in [0.15, 0.2) is 55.0 Å². The highest BCUT2D eigenvalue weighted by Gasteiger charge is 2.06. The highest BCUT2D eigenvalue weighted by Crippen LogP contribution is 2.29. The summed E-state index contributed by atoms with van der Waals surface area (Å²) in [5.74, 6) is 0. The molecule has 1 aromatic carbocycles. The van der Waals surface area contributed by atoms with Crippen LogP contribution in [-0.2, 0) is 0 Å². The molecular weight excluding hydrogens is 210 g/mol. The maximum atomic E-state index is 5.93. The summed E-state index contributed by atoms with van der Waals surface area (Å²) < 4.78 is 0. The Bertz CT molecular complexity index is 663. The van der Waals surface area contributed by atoms with Crippen LogP contribution in [0.2, 0.25) is 0 Å². The number of aromatic nitrogens is 2. The second-order valence-electron chi connectivity index (χ2n) is 3.84. The molecule has 3 aromatic rings. The maximum absolute atomic E-state index is 5.93. The summed E-state index contributed by atoms with van der Waals surface area (Å²) in [4.78, 5) is 8.46. The lowest BCUT2D eigenvalue weighted by molar-refractivity contribution is 1.33. The Morgan fingerprint density at radius 1 is 0.941 bits per heavy atom. The van der Waals surface area contributed by atoms with Gasteiger partial charge < -0.3 is 5.73 Å². The minimum Gasteiger partial charge on any atom is -0.397 e. The summed E-state index contributed by atoms with van der Waals surface area (Å²) in [6.45, 7) is 0. The molecule has 0 bridgehead atoms. The fourth-order valence-electron chi connectivity index (χ4n) is 1.97. The van der Waals surface area contributed by atoms with Gasteiger partial charge in [-0.1, -0.05) is 18.2 Å². The summed E-state index contributed by atoms with van der Waals surface area (Å²) in [6, 6.07) is 11.8. The van der Waals surface area contributed by atoms with Crippen LogP contribution in [0.5, 0.6) is 0 Å². The van der Waals surface area contributed by atoms with Gasteiger partial charge in [-0.05, 0) is 23.8 Å². The molecule has 0 aliphatic heterocycles. The van der Waals surface area contributed by atoms with Crippen LogP contribution in [0.1, 0.15) is 0 Å². The molecule has 0 saturated heterocycles. The second kappa shape index (κ2) is 3.87. The molecule has 0 aliphatic rings. The molecule has 2 heterocycles. The lowest BCUT2D eigenvalue weighted by Gasteiger charge is -2.07. The quantitative estimate of drug-likeness (QED) is 0.643. The molecule has 0 saturated carbocycles. The molecule has 2 N–H and O–H groups in total. The van der Waals surface area contributed by atoms with Crippen molar-refractivity contribution in [1.29, 1.82) is 0 Å². The van der Waals surface area contributed by atoms with Gasteiger partial charge in [-0.15, -0.1) is 0 Å². The number of nitrogens with zero attached hydrogens (tertiary/aromatic N) is 2. The van der Waals surface area contributed by atoms with Crippen molar-refractivity contribution in [2.75, 3.05) is 5.73 Å². The van der Waals surface area contributed by atoms with Crippen LogP contribution in [0, 0.1) is 0 Å². The zero-order chi connectivity index (χ0) is 11.7. The van der Waals surface area contributed by atoms with Crippen LogP contribution in [0.4, 0.5) is 5.69 Å². The normalized spacial score (nSPS) is 10.6. The van der Waals surface area contributed by atoms with E-state index < -0.39 is 0 Å². The first-order valence-corrected chi connectivity index (χ1v) is 5.40. The second-order valence-corrected chi connectivity index (χ2v) is 3.84. The smallest absolute Gasteiger partial charge is 0.0937 e. The van der Waals surface area contributed by atoms with Crippen molar-refractivity contribution < 1.29 is 0 Å². The fourth-order valence-corrected chi connectivity index (χ4v) is 1.97. The van der Waals surface area contributed by atoms with E-state index in [0.29, 0.717) is 5.69 Å². The van der Waals surface area contributed by atoms with Crippen LogP contribution >= 0.6 is 0 Å².